The zero-order chi connectivity index (χ0) is 23.9. The first-order valence-electron chi connectivity index (χ1n) is 11.3. The Labute approximate surface area is 201 Å². The smallest absolute Gasteiger partial charge is 0.243 e. The van der Waals surface area contributed by atoms with Crippen molar-refractivity contribution in [3.05, 3.63) is 30.1 Å². The van der Waals surface area contributed by atoms with E-state index in [0.717, 1.165) is 38.5 Å². The van der Waals surface area contributed by atoms with Crippen LogP contribution in [-0.2, 0) is 25.6 Å². The molecule has 1 aromatic heterocycles. The topological polar surface area (TPSA) is 102 Å². The molecule has 12 heteroatoms. The van der Waals surface area contributed by atoms with Gasteiger partial charge in [0.05, 0.1) is 38.2 Å². The molecule has 0 spiro atoms. The standard InChI is InChI=1S/C22H29FN6O4S/c1-27(14-19(30)24-17-6-4-16(23)5-7-17)20(31)15-34-22-26-25-21(28-8-11-32-12-9-28)29(22)13-18-3-2-10-33-18/h4-7,18H,2-3,8-15H2,1H3,(H,24,30). The molecule has 0 aliphatic carbocycles. The van der Waals surface area contributed by atoms with Crippen LogP contribution in [0.25, 0.3) is 0 Å². The van der Waals surface area contributed by atoms with Crippen LogP contribution in [-0.4, -0.2) is 89.8 Å². The molecule has 3 heterocycles. The Hall–Kier alpha value is -2.70. The summed E-state index contributed by atoms with van der Waals surface area (Å²) in [5.41, 5.74) is 0.472. The van der Waals surface area contributed by atoms with Crippen molar-refractivity contribution in [1.82, 2.24) is 19.7 Å². The third-order valence-electron chi connectivity index (χ3n) is 5.66. The fraction of sp³-hybridized carbons (Fsp3) is 0.545. The summed E-state index contributed by atoms with van der Waals surface area (Å²) >= 11 is 1.30. The minimum Gasteiger partial charge on any atom is -0.378 e. The van der Waals surface area contributed by atoms with Gasteiger partial charge in [0.25, 0.3) is 0 Å². The van der Waals surface area contributed by atoms with Gasteiger partial charge in [-0.05, 0) is 37.1 Å². The van der Waals surface area contributed by atoms with E-state index in [1.807, 2.05) is 4.57 Å². The monoisotopic (exact) mass is 492 g/mol. The first kappa shape index (κ1) is 24.4. The van der Waals surface area contributed by atoms with E-state index in [-0.39, 0.29) is 36.0 Å². The molecular weight excluding hydrogens is 463 g/mol. The van der Waals surface area contributed by atoms with Gasteiger partial charge in [-0.3, -0.25) is 14.2 Å². The highest BCUT2D eigenvalue weighted by molar-refractivity contribution is 7.99. The zero-order valence-corrected chi connectivity index (χ0v) is 19.9. The van der Waals surface area contributed by atoms with Crippen molar-refractivity contribution in [2.75, 3.05) is 62.5 Å². The number of benzene rings is 1. The number of ether oxygens (including phenoxy) is 2. The maximum Gasteiger partial charge on any atom is 0.243 e. The highest BCUT2D eigenvalue weighted by Crippen LogP contribution is 2.26. The van der Waals surface area contributed by atoms with Gasteiger partial charge in [-0.15, -0.1) is 10.2 Å². The van der Waals surface area contributed by atoms with E-state index in [2.05, 4.69) is 20.4 Å². The lowest BCUT2D eigenvalue weighted by atomic mass is 10.2. The number of rotatable bonds is 9. The molecule has 4 rings (SSSR count). The van der Waals surface area contributed by atoms with Crippen molar-refractivity contribution in [2.45, 2.75) is 30.6 Å². The second-order valence-corrected chi connectivity index (χ2v) is 9.16. The molecule has 1 N–H and O–H groups in total. The number of nitrogens with one attached hydrogen (secondary N) is 1. The van der Waals surface area contributed by atoms with Crippen LogP contribution in [0.15, 0.2) is 29.4 Å². The summed E-state index contributed by atoms with van der Waals surface area (Å²) in [6, 6.07) is 5.47. The summed E-state index contributed by atoms with van der Waals surface area (Å²) in [5, 5.41) is 12.0. The van der Waals surface area contributed by atoms with Crippen LogP contribution >= 0.6 is 11.8 Å². The highest BCUT2D eigenvalue weighted by Gasteiger charge is 2.25. The number of carbonyl (C=O) groups excluding carboxylic acids is 2. The average Bonchev–Trinajstić information content (AvgIpc) is 3.50. The predicted octanol–water partition coefficient (Wildman–Crippen LogP) is 1.62. The second-order valence-electron chi connectivity index (χ2n) is 8.22. The summed E-state index contributed by atoms with van der Waals surface area (Å²) in [6.45, 7) is 4.02. The number of halogens is 1. The van der Waals surface area contributed by atoms with Crippen molar-refractivity contribution in [3.8, 4) is 0 Å². The van der Waals surface area contributed by atoms with E-state index in [9.17, 15) is 14.0 Å². The Morgan fingerprint density at radius 3 is 2.68 bits per heavy atom. The Morgan fingerprint density at radius 2 is 1.97 bits per heavy atom. The Balaban J connectivity index is 1.34. The number of anilines is 2. The van der Waals surface area contributed by atoms with Gasteiger partial charge in [0, 0.05) is 32.4 Å². The van der Waals surface area contributed by atoms with Crippen molar-refractivity contribution in [3.63, 3.8) is 0 Å². The minimum atomic E-state index is -0.383. The number of morpholine rings is 1. The molecule has 0 saturated carbocycles. The molecule has 0 radical (unpaired) electrons. The summed E-state index contributed by atoms with van der Waals surface area (Å²) in [4.78, 5) is 28.4. The first-order chi connectivity index (χ1) is 16.5. The van der Waals surface area contributed by atoms with Gasteiger partial charge in [-0.2, -0.15) is 0 Å². The molecule has 1 atom stereocenters. The van der Waals surface area contributed by atoms with Crippen LogP contribution in [0.3, 0.4) is 0 Å². The molecule has 2 amide bonds. The molecule has 2 saturated heterocycles. The van der Waals surface area contributed by atoms with Crippen LogP contribution in [0.4, 0.5) is 16.0 Å². The van der Waals surface area contributed by atoms with Crippen LogP contribution in [0.2, 0.25) is 0 Å². The van der Waals surface area contributed by atoms with Crippen molar-refractivity contribution < 1.29 is 23.5 Å². The summed E-state index contributed by atoms with van der Waals surface area (Å²) in [7, 11) is 1.57. The number of hydrogen-bond acceptors (Lipinski definition) is 8. The molecule has 1 unspecified atom stereocenters. The van der Waals surface area contributed by atoms with Gasteiger partial charge >= 0.3 is 0 Å². The molecule has 2 aliphatic rings. The molecule has 0 bridgehead atoms. The molecule has 2 aliphatic heterocycles. The largest absolute Gasteiger partial charge is 0.378 e. The average molecular weight is 493 g/mol. The van der Waals surface area contributed by atoms with Gasteiger partial charge in [0.1, 0.15) is 5.82 Å². The zero-order valence-electron chi connectivity index (χ0n) is 19.1. The number of hydrogen-bond donors (Lipinski definition) is 1. The maximum absolute atomic E-state index is 13.0. The van der Waals surface area contributed by atoms with Crippen LogP contribution in [0.5, 0.6) is 0 Å². The molecule has 2 aromatic rings. The highest BCUT2D eigenvalue weighted by atomic mass is 32.2. The van der Waals surface area contributed by atoms with Crippen LogP contribution in [0.1, 0.15) is 12.8 Å². The number of likely N-dealkylation sites (N-methyl/N-ethyl adjacent to an activating group) is 1. The number of nitrogens with zero attached hydrogens (tertiary/aromatic N) is 5. The number of carbonyl (C=O) groups is 2. The quantitative estimate of drug-likeness (QED) is 0.527. The van der Waals surface area contributed by atoms with Gasteiger partial charge < -0.3 is 24.6 Å². The predicted molar refractivity (Wildman–Crippen MR) is 125 cm³/mol. The molecular formula is C22H29FN6O4S. The van der Waals surface area contributed by atoms with E-state index >= 15 is 0 Å². The van der Waals surface area contributed by atoms with E-state index in [4.69, 9.17) is 9.47 Å². The SMILES string of the molecule is CN(CC(=O)Nc1ccc(F)cc1)C(=O)CSc1nnc(N2CCOCC2)n1CC1CCCO1. The summed E-state index contributed by atoms with van der Waals surface area (Å²) in [6.07, 6.45) is 2.12. The van der Waals surface area contributed by atoms with Gasteiger partial charge in [-0.1, -0.05) is 11.8 Å². The Bertz CT molecular complexity index is 976. The molecule has 2 fully saturated rings. The second kappa shape index (κ2) is 11.6. The molecule has 184 valence electrons. The summed E-state index contributed by atoms with van der Waals surface area (Å²) < 4.78 is 26.3. The molecule has 1 aromatic carbocycles. The normalized spacial score (nSPS) is 18.2. The van der Waals surface area contributed by atoms with Crippen molar-refractivity contribution in [1.29, 1.82) is 0 Å². The van der Waals surface area contributed by atoms with E-state index < -0.39 is 0 Å². The van der Waals surface area contributed by atoms with Crippen molar-refractivity contribution >= 4 is 35.2 Å². The minimum absolute atomic E-state index is 0.101. The van der Waals surface area contributed by atoms with E-state index in [1.165, 1.54) is 40.9 Å². The number of thioether (sulfide) groups is 1. The van der Waals surface area contributed by atoms with E-state index in [1.54, 1.807) is 7.05 Å². The fourth-order valence-electron chi connectivity index (χ4n) is 3.81. The Morgan fingerprint density at radius 1 is 1.21 bits per heavy atom. The lowest BCUT2D eigenvalue weighted by Crippen LogP contribution is -2.38. The van der Waals surface area contributed by atoms with Gasteiger partial charge in [0.15, 0.2) is 5.16 Å². The summed E-state index contributed by atoms with van der Waals surface area (Å²) in [5.74, 6) is -0.0673. The third-order valence-corrected chi connectivity index (χ3v) is 6.61. The lowest BCUT2D eigenvalue weighted by molar-refractivity contribution is -0.131. The molecule has 10 nitrogen and oxygen atoms in total. The lowest BCUT2D eigenvalue weighted by Gasteiger charge is -2.28. The van der Waals surface area contributed by atoms with E-state index in [0.29, 0.717) is 30.6 Å². The maximum atomic E-state index is 13.0. The first-order valence-corrected chi connectivity index (χ1v) is 12.3. The van der Waals surface area contributed by atoms with Gasteiger partial charge in [0.2, 0.25) is 17.8 Å². The van der Waals surface area contributed by atoms with Gasteiger partial charge in [-0.25, -0.2) is 4.39 Å². The van der Waals surface area contributed by atoms with Crippen LogP contribution in [0, 0.1) is 5.82 Å². The van der Waals surface area contributed by atoms with Crippen molar-refractivity contribution in [2.24, 2.45) is 0 Å². The van der Waals surface area contributed by atoms with Crippen LogP contribution < -0.4 is 10.2 Å². The fourth-order valence-corrected chi connectivity index (χ4v) is 4.69. The molecule has 34 heavy (non-hydrogen) atoms. The third kappa shape index (κ3) is 6.45. The Kier molecular flexibility index (Phi) is 8.35. The number of aromatic nitrogens is 3. The number of amides is 2.